The molecule has 1 saturated heterocycles. The topological polar surface area (TPSA) is 76.4 Å². The molecule has 5 N–H and O–H groups in total. The van der Waals surface area contributed by atoms with E-state index in [-0.39, 0.29) is 5.54 Å². The number of piperidine rings is 1. The van der Waals surface area contributed by atoms with Crippen LogP contribution in [0.15, 0.2) is 17.3 Å². The van der Waals surface area contributed by atoms with Gasteiger partial charge in [0.2, 0.25) is 0 Å². The highest BCUT2D eigenvalue weighted by Crippen LogP contribution is 2.29. The van der Waals surface area contributed by atoms with Crippen LogP contribution < -0.4 is 16.8 Å². The third kappa shape index (κ3) is 1.81. The molecule has 2 rings (SSSR count). The molecule has 0 aromatic heterocycles. The Labute approximate surface area is 84.4 Å². The van der Waals surface area contributed by atoms with Gasteiger partial charge in [-0.15, -0.1) is 0 Å². The predicted octanol–water partition coefficient (Wildman–Crippen LogP) is -0.0419. The van der Waals surface area contributed by atoms with Gasteiger partial charge in [0.25, 0.3) is 0 Å². The fourth-order valence-electron chi connectivity index (χ4n) is 2.33. The predicted molar refractivity (Wildman–Crippen MR) is 57.9 cm³/mol. The maximum atomic E-state index is 6.35. The number of aliphatic imine (C=N–C) groups is 1. The van der Waals surface area contributed by atoms with Crippen LogP contribution in [0, 0.1) is 5.92 Å². The van der Waals surface area contributed by atoms with Crippen molar-refractivity contribution in [2.24, 2.45) is 22.4 Å². The molecule has 2 aliphatic rings. The molecular weight excluding hydrogens is 176 g/mol. The fourth-order valence-corrected chi connectivity index (χ4v) is 2.33. The van der Waals surface area contributed by atoms with E-state index in [1.807, 2.05) is 6.08 Å². The quantitative estimate of drug-likeness (QED) is 0.548. The van der Waals surface area contributed by atoms with Gasteiger partial charge in [-0.25, -0.2) is 4.99 Å². The van der Waals surface area contributed by atoms with Gasteiger partial charge in [0.05, 0.1) is 0 Å². The molecule has 0 bridgehead atoms. The number of nitrogens with zero attached hydrogens (tertiary/aromatic N) is 1. The molecule has 2 aliphatic heterocycles. The van der Waals surface area contributed by atoms with Crippen LogP contribution in [0.4, 0.5) is 0 Å². The number of hydrogen-bond donors (Lipinski definition) is 3. The van der Waals surface area contributed by atoms with Crippen LogP contribution in [0.5, 0.6) is 0 Å². The number of nitrogens with two attached hydrogens (primary N) is 2. The Bertz CT molecular complexity index is 265. The Balaban J connectivity index is 2.08. The monoisotopic (exact) mass is 194 g/mol. The molecule has 0 aromatic rings. The molecule has 0 saturated carbocycles. The minimum atomic E-state index is -0.256. The molecule has 1 unspecified atom stereocenters. The van der Waals surface area contributed by atoms with E-state index < -0.39 is 0 Å². The second kappa shape index (κ2) is 3.71. The van der Waals surface area contributed by atoms with Crippen LogP contribution in [0.25, 0.3) is 0 Å². The lowest BCUT2D eigenvalue weighted by molar-refractivity contribution is 0.263. The number of amidine groups is 1. The maximum Gasteiger partial charge on any atom is 0.101 e. The molecule has 4 nitrogen and oxygen atoms in total. The maximum absolute atomic E-state index is 6.35. The molecule has 0 aliphatic carbocycles. The van der Waals surface area contributed by atoms with Gasteiger partial charge < -0.3 is 16.8 Å². The summed E-state index contributed by atoms with van der Waals surface area (Å²) < 4.78 is 0. The first kappa shape index (κ1) is 9.68. The van der Waals surface area contributed by atoms with Gasteiger partial charge in [0.15, 0.2) is 0 Å². The Morgan fingerprint density at radius 1 is 1.43 bits per heavy atom. The summed E-state index contributed by atoms with van der Waals surface area (Å²) in [4.78, 5) is 4.04. The van der Waals surface area contributed by atoms with Crippen LogP contribution in [0.3, 0.4) is 0 Å². The number of rotatable bonds is 1. The standard InChI is InChI=1S/C10H18N4/c11-9-7-10(12,3-6-14-9)8-1-4-13-5-2-8/h3,6,8,13H,1-2,4-5,7,12H2,(H2,11,14). The lowest BCUT2D eigenvalue weighted by Crippen LogP contribution is -2.52. The number of hydrogen-bond acceptors (Lipinski definition) is 4. The molecule has 78 valence electrons. The van der Waals surface area contributed by atoms with Crippen molar-refractivity contribution >= 4 is 5.84 Å². The summed E-state index contributed by atoms with van der Waals surface area (Å²) in [6.45, 7) is 2.13. The molecule has 2 heterocycles. The first-order chi connectivity index (χ1) is 6.71. The zero-order valence-electron chi connectivity index (χ0n) is 8.37. The smallest absolute Gasteiger partial charge is 0.101 e. The second-order valence-corrected chi connectivity index (χ2v) is 4.25. The molecule has 0 aromatic carbocycles. The summed E-state index contributed by atoms with van der Waals surface area (Å²) >= 11 is 0. The average molecular weight is 194 g/mol. The van der Waals surface area contributed by atoms with Crippen molar-refractivity contribution in [3.63, 3.8) is 0 Å². The highest BCUT2D eigenvalue weighted by Gasteiger charge is 2.35. The van der Waals surface area contributed by atoms with E-state index in [4.69, 9.17) is 11.5 Å². The summed E-state index contributed by atoms with van der Waals surface area (Å²) in [6, 6.07) is 0. The molecular formula is C10H18N4. The van der Waals surface area contributed by atoms with Gasteiger partial charge in [-0.1, -0.05) is 0 Å². The second-order valence-electron chi connectivity index (χ2n) is 4.25. The van der Waals surface area contributed by atoms with Crippen molar-refractivity contribution in [1.82, 2.24) is 5.32 Å². The Kier molecular flexibility index (Phi) is 2.56. The van der Waals surface area contributed by atoms with Crippen LogP contribution in [-0.4, -0.2) is 24.5 Å². The minimum absolute atomic E-state index is 0.256. The van der Waals surface area contributed by atoms with E-state index >= 15 is 0 Å². The first-order valence-electron chi connectivity index (χ1n) is 5.20. The van der Waals surface area contributed by atoms with E-state index in [0.717, 1.165) is 25.9 Å². The molecule has 14 heavy (non-hydrogen) atoms. The molecule has 0 spiro atoms. The Morgan fingerprint density at radius 3 is 2.79 bits per heavy atom. The highest BCUT2D eigenvalue weighted by atomic mass is 14.9. The fraction of sp³-hybridized carbons (Fsp3) is 0.700. The van der Waals surface area contributed by atoms with E-state index in [9.17, 15) is 0 Å². The van der Waals surface area contributed by atoms with Gasteiger partial charge in [0, 0.05) is 18.2 Å². The SMILES string of the molecule is NC1=NC=CC(N)(C2CCNCC2)C1. The summed E-state index contributed by atoms with van der Waals surface area (Å²) in [7, 11) is 0. The van der Waals surface area contributed by atoms with Gasteiger partial charge >= 0.3 is 0 Å². The van der Waals surface area contributed by atoms with Crippen LogP contribution in [0.2, 0.25) is 0 Å². The van der Waals surface area contributed by atoms with Crippen LogP contribution in [0.1, 0.15) is 19.3 Å². The van der Waals surface area contributed by atoms with Crippen molar-refractivity contribution in [2.75, 3.05) is 13.1 Å². The third-order valence-electron chi connectivity index (χ3n) is 3.21. The van der Waals surface area contributed by atoms with E-state index in [2.05, 4.69) is 10.3 Å². The Hall–Kier alpha value is -0.870. The minimum Gasteiger partial charge on any atom is -0.387 e. The van der Waals surface area contributed by atoms with Crippen molar-refractivity contribution < 1.29 is 0 Å². The lowest BCUT2D eigenvalue weighted by atomic mass is 9.76. The zero-order chi connectivity index (χ0) is 10.0. The third-order valence-corrected chi connectivity index (χ3v) is 3.21. The Morgan fingerprint density at radius 2 is 2.14 bits per heavy atom. The van der Waals surface area contributed by atoms with Crippen molar-refractivity contribution in [3.05, 3.63) is 12.3 Å². The van der Waals surface area contributed by atoms with E-state index in [1.54, 1.807) is 6.20 Å². The van der Waals surface area contributed by atoms with Gasteiger partial charge in [-0.05, 0) is 37.9 Å². The molecule has 0 radical (unpaired) electrons. The summed E-state index contributed by atoms with van der Waals surface area (Å²) in [6.07, 6.45) is 6.73. The van der Waals surface area contributed by atoms with Crippen molar-refractivity contribution in [1.29, 1.82) is 0 Å². The molecule has 1 fully saturated rings. The van der Waals surface area contributed by atoms with Crippen molar-refractivity contribution in [3.8, 4) is 0 Å². The number of nitrogens with one attached hydrogen (secondary N) is 1. The van der Waals surface area contributed by atoms with Crippen molar-refractivity contribution in [2.45, 2.75) is 24.8 Å². The van der Waals surface area contributed by atoms with Gasteiger partial charge in [-0.3, -0.25) is 0 Å². The summed E-state index contributed by atoms with van der Waals surface area (Å²) in [5, 5.41) is 3.34. The van der Waals surface area contributed by atoms with Crippen LogP contribution in [-0.2, 0) is 0 Å². The average Bonchev–Trinajstić information content (AvgIpc) is 2.19. The first-order valence-corrected chi connectivity index (χ1v) is 5.20. The highest BCUT2D eigenvalue weighted by molar-refractivity contribution is 5.83. The molecule has 1 atom stereocenters. The van der Waals surface area contributed by atoms with E-state index in [1.165, 1.54) is 0 Å². The lowest BCUT2D eigenvalue weighted by Gasteiger charge is -2.38. The van der Waals surface area contributed by atoms with E-state index in [0.29, 0.717) is 18.2 Å². The zero-order valence-corrected chi connectivity index (χ0v) is 8.37. The van der Waals surface area contributed by atoms with Crippen LogP contribution >= 0.6 is 0 Å². The van der Waals surface area contributed by atoms with Gasteiger partial charge in [0.1, 0.15) is 5.84 Å². The summed E-state index contributed by atoms with van der Waals surface area (Å²) in [5.41, 5.74) is 11.8. The normalized spacial score (nSPS) is 34.2. The molecule has 4 heteroatoms. The largest absolute Gasteiger partial charge is 0.387 e. The van der Waals surface area contributed by atoms with Gasteiger partial charge in [-0.2, -0.15) is 0 Å². The molecule has 0 amide bonds. The summed E-state index contributed by atoms with van der Waals surface area (Å²) in [5.74, 6) is 1.20.